The van der Waals surface area contributed by atoms with E-state index < -0.39 is 5.82 Å². The van der Waals surface area contributed by atoms with Crippen LogP contribution in [0.2, 0.25) is 0 Å². The topological polar surface area (TPSA) is 49.9 Å². The predicted octanol–water partition coefficient (Wildman–Crippen LogP) is 3.39. The van der Waals surface area contributed by atoms with Crippen molar-refractivity contribution in [1.29, 1.82) is 0 Å². The van der Waals surface area contributed by atoms with Gasteiger partial charge in [-0.05, 0) is 43.6 Å². The molecule has 6 heteroatoms. The number of Topliss-reactive ketones (excluding diaryl/α,β-unsaturated/α-hetero) is 1. The maximum atomic E-state index is 13.8. The number of ether oxygens (including phenoxy) is 1. The van der Waals surface area contributed by atoms with Crippen molar-refractivity contribution in [2.75, 3.05) is 33.8 Å². The monoisotopic (exact) mass is 398 g/mol. The summed E-state index contributed by atoms with van der Waals surface area (Å²) < 4.78 is 18.8. The van der Waals surface area contributed by atoms with Crippen LogP contribution >= 0.6 is 0 Å². The normalized spacial score (nSPS) is 15.1. The van der Waals surface area contributed by atoms with Gasteiger partial charge in [0.05, 0.1) is 13.7 Å². The van der Waals surface area contributed by atoms with E-state index in [0.29, 0.717) is 18.7 Å². The van der Waals surface area contributed by atoms with E-state index in [9.17, 15) is 14.0 Å². The van der Waals surface area contributed by atoms with Gasteiger partial charge in [-0.15, -0.1) is 0 Å². The summed E-state index contributed by atoms with van der Waals surface area (Å²) in [5, 5.41) is 0. The molecule has 0 unspecified atom stereocenters. The summed E-state index contributed by atoms with van der Waals surface area (Å²) in [6, 6.07) is 14.1. The molecule has 0 N–H and O–H groups in total. The number of likely N-dealkylation sites (tertiary alicyclic amines) is 1. The van der Waals surface area contributed by atoms with Gasteiger partial charge in [0, 0.05) is 25.1 Å². The van der Waals surface area contributed by atoms with Crippen LogP contribution in [0.3, 0.4) is 0 Å². The summed E-state index contributed by atoms with van der Waals surface area (Å²) in [6.07, 6.45) is 1.52. The fourth-order valence-corrected chi connectivity index (χ4v) is 3.67. The van der Waals surface area contributed by atoms with Crippen molar-refractivity contribution in [1.82, 2.24) is 9.80 Å². The highest BCUT2D eigenvalue weighted by atomic mass is 19.1. The Labute approximate surface area is 171 Å². The molecule has 154 valence electrons. The van der Waals surface area contributed by atoms with Crippen LogP contribution in [0.4, 0.5) is 4.39 Å². The lowest BCUT2D eigenvalue weighted by Gasteiger charge is -2.32. The number of hydrogen-bond acceptors (Lipinski definition) is 4. The molecule has 2 aromatic rings. The van der Waals surface area contributed by atoms with Gasteiger partial charge in [-0.2, -0.15) is 0 Å². The first-order valence-corrected chi connectivity index (χ1v) is 9.86. The zero-order valence-corrected chi connectivity index (χ0v) is 16.9. The molecule has 1 aliphatic rings. The third kappa shape index (κ3) is 5.41. The van der Waals surface area contributed by atoms with Crippen molar-refractivity contribution in [3.8, 4) is 5.75 Å². The lowest BCUT2D eigenvalue weighted by molar-refractivity contribution is -0.131. The molecule has 3 rings (SSSR count). The molecule has 1 saturated heterocycles. The Hall–Kier alpha value is -2.73. The molecule has 1 fully saturated rings. The Bertz CT molecular complexity index is 848. The number of nitrogens with zero attached hydrogens (tertiary/aromatic N) is 2. The van der Waals surface area contributed by atoms with Crippen LogP contribution < -0.4 is 4.74 Å². The number of hydrogen-bond donors (Lipinski definition) is 0. The molecule has 0 saturated carbocycles. The Morgan fingerprint density at radius 3 is 2.45 bits per heavy atom. The largest absolute Gasteiger partial charge is 0.494 e. The zero-order valence-electron chi connectivity index (χ0n) is 16.9. The fourth-order valence-electron chi connectivity index (χ4n) is 3.67. The van der Waals surface area contributed by atoms with Crippen LogP contribution in [0.15, 0.2) is 48.5 Å². The lowest BCUT2D eigenvalue weighted by atomic mass is 9.89. The molecule has 0 atom stereocenters. The first kappa shape index (κ1) is 21.0. The number of carbonyl (C=O) groups is 2. The van der Waals surface area contributed by atoms with Crippen molar-refractivity contribution in [3.05, 3.63) is 65.5 Å². The number of benzene rings is 2. The van der Waals surface area contributed by atoms with Gasteiger partial charge < -0.3 is 9.64 Å². The summed E-state index contributed by atoms with van der Waals surface area (Å²) in [4.78, 5) is 28.8. The van der Waals surface area contributed by atoms with Crippen molar-refractivity contribution in [3.63, 3.8) is 0 Å². The molecule has 0 spiro atoms. The number of halogens is 1. The van der Waals surface area contributed by atoms with E-state index in [2.05, 4.69) is 4.90 Å². The van der Waals surface area contributed by atoms with Crippen LogP contribution in [0.1, 0.15) is 28.8 Å². The van der Waals surface area contributed by atoms with E-state index in [1.165, 1.54) is 13.2 Å². The zero-order chi connectivity index (χ0) is 20.8. The maximum absolute atomic E-state index is 13.8. The minimum atomic E-state index is -0.434. The maximum Gasteiger partial charge on any atom is 0.236 e. The molecular weight excluding hydrogens is 371 g/mol. The molecule has 0 bridgehead atoms. The van der Waals surface area contributed by atoms with Crippen LogP contribution in [0, 0.1) is 11.7 Å². The van der Waals surface area contributed by atoms with Crippen molar-refractivity contribution in [2.24, 2.45) is 5.92 Å². The summed E-state index contributed by atoms with van der Waals surface area (Å²) in [5.41, 5.74) is 1.47. The van der Waals surface area contributed by atoms with Crippen molar-refractivity contribution in [2.45, 2.75) is 19.4 Å². The summed E-state index contributed by atoms with van der Waals surface area (Å²) in [5.74, 6) is -0.0558. The Morgan fingerprint density at radius 1 is 1.14 bits per heavy atom. The first-order chi connectivity index (χ1) is 14.0. The average molecular weight is 398 g/mol. The van der Waals surface area contributed by atoms with E-state index in [-0.39, 0.29) is 23.4 Å². The Kier molecular flexibility index (Phi) is 6.99. The van der Waals surface area contributed by atoms with E-state index in [4.69, 9.17) is 4.74 Å². The molecule has 2 aromatic carbocycles. The quantitative estimate of drug-likeness (QED) is 0.671. The molecule has 29 heavy (non-hydrogen) atoms. The number of ketones is 1. The molecule has 0 aliphatic carbocycles. The highest BCUT2D eigenvalue weighted by Gasteiger charge is 2.27. The first-order valence-electron chi connectivity index (χ1n) is 9.86. The smallest absolute Gasteiger partial charge is 0.236 e. The molecule has 1 amide bonds. The van der Waals surface area contributed by atoms with Gasteiger partial charge >= 0.3 is 0 Å². The van der Waals surface area contributed by atoms with Gasteiger partial charge in [0.25, 0.3) is 0 Å². The minimum Gasteiger partial charge on any atom is -0.494 e. The Balaban J connectivity index is 1.48. The lowest BCUT2D eigenvalue weighted by Crippen LogP contribution is -2.43. The second-order valence-corrected chi connectivity index (χ2v) is 7.50. The van der Waals surface area contributed by atoms with Crippen molar-refractivity contribution >= 4 is 11.7 Å². The van der Waals surface area contributed by atoms with Crippen LogP contribution in [-0.4, -0.2) is 55.3 Å². The number of likely N-dealkylation sites (N-methyl/N-ethyl adjacent to an activating group) is 1. The standard InChI is InChI=1S/C23H27FN2O3/c1-25(15-17-8-9-21(29-2)20(24)14-17)22(27)16-26-12-10-19(11-13-26)23(28)18-6-4-3-5-7-18/h3-9,14,19H,10-13,15-16H2,1-2H3. The number of methoxy groups -OCH3 is 1. The summed E-state index contributed by atoms with van der Waals surface area (Å²) in [7, 11) is 3.14. The second-order valence-electron chi connectivity index (χ2n) is 7.50. The van der Waals surface area contributed by atoms with Gasteiger partial charge in [-0.1, -0.05) is 36.4 Å². The number of piperidine rings is 1. The van der Waals surface area contributed by atoms with Crippen LogP contribution in [0.5, 0.6) is 5.75 Å². The number of rotatable bonds is 7. The van der Waals surface area contributed by atoms with E-state index in [1.807, 2.05) is 30.3 Å². The minimum absolute atomic E-state index is 0.0174. The molecule has 5 nitrogen and oxygen atoms in total. The third-order valence-corrected chi connectivity index (χ3v) is 5.44. The van der Waals surface area contributed by atoms with E-state index in [1.54, 1.807) is 24.1 Å². The highest BCUT2D eigenvalue weighted by Crippen LogP contribution is 2.22. The third-order valence-electron chi connectivity index (χ3n) is 5.44. The van der Waals surface area contributed by atoms with Gasteiger partial charge in [-0.3, -0.25) is 14.5 Å². The summed E-state index contributed by atoms with van der Waals surface area (Å²) >= 11 is 0. The van der Waals surface area contributed by atoms with Crippen LogP contribution in [0.25, 0.3) is 0 Å². The number of carbonyl (C=O) groups excluding carboxylic acids is 2. The molecular formula is C23H27FN2O3. The van der Waals surface area contributed by atoms with Gasteiger partial charge in [-0.25, -0.2) is 4.39 Å². The van der Waals surface area contributed by atoms with Gasteiger partial charge in [0.2, 0.25) is 5.91 Å². The van der Waals surface area contributed by atoms with Gasteiger partial charge in [0.1, 0.15) is 0 Å². The second kappa shape index (κ2) is 9.65. The van der Waals surface area contributed by atoms with Crippen LogP contribution in [-0.2, 0) is 11.3 Å². The molecule has 1 aliphatic heterocycles. The Morgan fingerprint density at radius 2 is 1.83 bits per heavy atom. The fraction of sp³-hybridized carbons (Fsp3) is 0.391. The SMILES string of the molecule is COc1ccc(CN(C)C(=O)CN2CCC(C(=O)c3ccccc3)CC2)cc1F. The van der Waals surface area contributed by atoms with Gasteiger partial charge in [0.15, 0.2) is 17.3 Å². The molecule has 1 heterocycles. The highest BCUT2D eigenvalue weighted by molar-refractivity contribution is 5.97. The number of amides is 1. The molecule has 0 radical (unpaired) electrons. The summed E-state index contributed by atoms with van der Waals surface area (Å²) in [6.45, 7) is 2.09. The van der Waals surface area contributed by atoms with E-state index >= 15 is 0 Å². The molecule has 0 aromatic heterocycles. The van der Waals surface area contributed by atoms with E-state index in [0.717, 1.165) is 31.5 Å². The van der Waals surface area contributed by atoms with Crippen molar-refractivity contribution < 1.29 is 18.7 Å². The average Bonchev–Trinajstić information content (AvgIpc) is 2.74. The predicted molar refractivity (Wildman–Crippen MR) is 109 cm³/mol.